The molecule has 2 aromatic rings. The maximum Gasteiger partial charge on any atom is 0.234 e. The minimum atomic E-state index is -0.378. The summed E-state index contributed by atoms with van der Waals surface area (Å²) in [5.41, 5.74) is 3.97. The summed E-state index contributed by atoms with van der Waals surface area (Å²) in [6, 6.07) is 14.1. The highest BCUT2D eigenvalue weighted by molar-refractivity contribution is 6.34. The van der Waals surface area contributed by atoms with Crippen molar-refractivity contribution in [3.05, 3.63) is 58.6 Å². The number of amides is 2. The smallest absolute Gasteiger partial charge is 0.234 e. The fraction of sp³-hybridized carbons (Fsp3) is 0.300. The molecule has 128 valence electrons. The first kappa shape index (κ1) is 16.3. The zero-order chi connectivity index (χ0) is 17.4. The number of piperidine rings is 1. The van der Waals surface area contributed by atoms with Crippen LogP contribution in [0, 0.1) is 0 Å². The Labute approximate surface area is 151 Å². The fourth-order valence-corrected chi connectivity index (χ4v) is 3.76. The minimum absolute atomic E-state index is 0.218. The van der Waals surface area contributed by atoms with E-state index in [1.807, 2.05) is 18.2 Å². The number of carbonyl (C=O) groups excluding carboxylic acids is 2. The van der Waals surface area contributed by atoms with Crippen LogP contribution in [0.1, 0.15) is 35.8 Å². The van der Waals surface area contributed by atoms with Gasteiger partial charge in [-0.2, -0.15) is 0 Å². The molecule has 2 aromatic carbocycles. The van der Waals surface area contributed by atoms with Crippen molar-refractivity contribution in [1.29, 1.82) is 0 Å². The van der Waals surface area contributed by atoms with Crippen molar-refractivity contribution in [3.8, 4) is 11.1 Å². The minimum Gasteiger partial charge on any atom is -0.380 e. The third-order valence-electron chi connectivity index (χ3n) is 4.97. The van der Waals surface area contributed by atoms with E-state index in [4.69, 9.17) is 16.3 Å². The highest BCUT2D eigenvalue weighted by atomic mass is 35.5. The molecule has 1 atom stereocenters. The molecule has 2 heterocycles. The van der Waals surface area contributed by atoms with Gasteiger partial charge in [-0.25, -0.2) is 0 Å². The van der Waals surface area contributed by atoms with Crippen LogP contribution >= 0.6 is 11.6 Å². The first-order chi connectivity index (χ1) is 12.1. The lowest BCUT2D eigenvalue weighted by atomic mass is 9.88. The molecule has 2 aliphatic heterocycles. The Morgan fingerprint density at radius 1 is 1.04 bits per heavy atom. The molecule has 25 heavy (non-hydrogen) atoms. The molecule has 2 fully saturated rings. The average molecular weight is 356 g/mol. The van der Waals surface area contributed by atoms with Crippen LogP contribution in [0.5, 0.6) is 0 Å². The number of ether oxygens (including phenoxy) is 1. The normalized spacial score (nSPS) is 20.9. The number of hydrogen-bond donors (Lipinski definition) is 1. The molecule has 4 rings (SSSR count). The van der Waals surface area contributed by atoms with Gasteiger partial charge in [0.05, 0.1) is 24.2 Å². The Balaban J connectivity index is 1.64. The van der Waals surface area contributed by atoms with Crippen LogP contribution in [0.25, 0.3) is 11.1 Å². The van der Waals surface area contributed by atoms with Gasteiger partial charge in [0, 0.05) is 17.9 Å². The van der Waals surface area contributed by atoms with Crippen molar-refractivity contribution >= 4 is 23.4 Å². The van der Waals surface area contributed by atoms with Crippen molar-refractivity contribution < 1.29 is 14.3 Å². The molecule has 2 saturated heterocycles. The zero-order valence-electron chi connectivity index (χ0n) is 13.6. The molecular weight excluding hydrogens is 338 g/mol. The first-order valence-electron chi connectivity index (χ1n) is 8.43. The molecule has 0 aliphatic carbocycles. The Morgan fingerprint density at radius 3 is 2.44 bits per heavy atom. The van der Waals surface area contributed by atoms with Crippen LogP contribution in [0.2, 0.25) is 5.02 Å². The van der Waals surface area contributed by atoms with Crippen LogP contribution < -0.4 is 5.32 Å². The lowest BCUT2D eigenvalue weighted by Gasteiger charge is -2.26. The molecule has 0 saturated carbocycles. The largest absolute Gasteiger partial charge is 0.380 e. The number of rotatable bonds is 3. The van der Waals surface area contributed by atoms with Crippen LogP contribution in [-0.4, -0.2) is 25.0 Å². The first-order valence-corrected chi connectivity index (χ1v) is 8.81. The van der Waals surface area contributed by atoms with E-state index in [2.05, 4.69) is 29.6 Å². The molecule has 4 nitrogen and oxygen atoms in total. The standard InChI is InChI=1S/C20H18ClNO3/c21-19-15(13-6-4-12(5-7-13)14-10-25-11-14)2-1-3-16(19)17-8-9-18(23)22-20(17)24/h1-7,14,17H,8-11H2,(H,22,23,24). The zero-order valence-corrected chi connectivity index (χ0v) is 14.4. The number of carbonyl (C=O) groups is 2. The summed E-state index contributed by atoms with van der Waals surface area (Å²) in [5, 5.41) is 2.98. The number of benzene rings is 2. The molecule has 5 heteroatoms. The fourth-order valence-electron chi connectivity index (χ4n) is 3.40. The van der Waals surface area contributed by atoms with Gasteiger partial charge in [-0.15, -0.1) is 0 Å². The summed E-state index contributed by atoms with van der Waals surface area (Å²) >= 11 is 6.63. The van der Waals surface area contributed by atoms with Gasteiger partial charge in [-0.3, -0.25) is 14.9 Å². The molecule has 0 radical (unpaired) electrons. The number of hydrogen-bond acceptors (Lipinski definition) is 3. The predicted octanol–water partition coefficient (Wildman–Crippen LogP) is 3.64. The molecular formula is C20H18ClNO3. The van der Waals surface area contributed by atoms with E-state index in [0.29, 0.717) is 23.8 Å². The molecule has 1 unspecified atom stereocenters. The molecule has 0 spiro atoms. The second-order valence-corrected chi connectivity index (χ2v) is 6.95. The summed E-state index contributed by atoms with van der Waals surface area (Å²) in [7, 11) is 0. The summed E-state index contributed by atoms with van der Waals surface area (Å²) in [4.78, 5) is 23.5. The van der Waals surface area contributed by atoms with E-state index in [-0.39, 0.29) is 17.7 Å². The summed E-state index contributed by atoms with van der Waals surface area (Å²) in [6.45, 7) is 1.57. The number of nitrogens with one attached hydrogen (secondary N) is 1. The van der Waals surface area contributed by atoms with E-state index in [0.717, 1.165) is 29.9 Å². The van der Waals surface area contributed by atoms with E-state index < -0.39 is 0 Å². The van der Waals surface area contributed by atoms with Crippen LogP contribution in [0.15, 0.2) is 42.5 Å². The summed E-state index contributed by atoms with van der Waals surface area (Å²) in [6.07, 6.45) is 0.837. The number of imide groups is 1. The third kappa shape index (κ3) is 3.08. The summed E-state index contributed by atoms with van der Waals surface area (Å²) < 4.78 is 5.24. The van der Waals surface area contributed by atoms with Gasteiger partial charge in [0.2, 0.25) is 11.8 Å². The third-order valence-corrected chi connectivity index (χ3v) is 5.40. The van der Waals surface area contributed by atoms with Gasteiger partial charge >= 0.3 is 0 Å². The lowest BCUT2D eigenvalue weighted by Crippen LogP contribution is -2.39. The van der Waals surface area contributed by atoms with E-state index >= 15 is 0 Å². The maximum atomic E-state index is 12.2. The molecule has 0 bridgehead atoms. The van der Waals surface area contributed by atoms with Crippen molar-refractivity contribution in [2.24, 2.45) is 0 Å². The quantitative estimate of drug-likeness (QED) is 0.855. The molecule has 0 aromatic heterocycles. The number of halogens is 1. The average Bonchev–Trinajstić information content (AvgIpc) is 2.55. The Kier molecular flexibility index (Phi) is 4.32. The van der Waals surface area contributed by atoms with Crippen molar-refractivity contribution in [2.45, 2.75) is 24.7 Å². The monoisotopic (exact) mass is 355 g/mol. The Morgan fingerprint density at radius 2 is 1.80 bits per heavy atom. The Hall–Kier alpha value is -2.17. The Bertz CT molecular complexity index is 827. The SMILES string of the molecule is O=C1CCC(c2cccc(-c3ccc(C4COC4)cc3)c2Cl)C(=O)N1. The van der Waals surface area contributed by atoms with Crippen LogP contribution in [0.4, 0.5) is 0 Å². The van der Waals surface area contributed by atoms with Gasteiger partial charge in [0.1, 0.15) is 0 Å². The van der Waals surface area contributed by atoms with Crippen LogP contribution in [-0.2, 0) is 14.3 Å². The second-order valence-electron chi connectivity index (χ2n) is 6.57. The van der Waals surface area contributed by atoms with Gasteiger partial charge in [0.15, 0.2) is 0 Å². The van der Waals surface area contributed by atoms with Crippen LogP contribution in [0.3, 0.4) is 0 Å². The van der Waals surface area contributed by atoms with Gasteiger partial charge < -0.3 is 4.74 Å². The van der Waals surface area contributed by atoms with Crippen molar-refractivity contribution in [1.82, 2.24) is 5.32 Å². The molecule has 1 N–H and O–H groups in total. The maximum absolute atomic E-state index is 12.2. The van der Waals surface area contributed by atoms with Crippen molar-refractivity contribution in [3.63, 3.8) is 0 Å². The van der Waals surface area contributed by atoms with Gasteiger partial charge in [-0.1, -0.05) is 54.1 Å². The van der Waals surface area contributed by atoms with Gasteiger partial charge in [0.25, 0.3) is 0 Å². The van der Waals surface area contributed by atoms with E-state index in [9.17, 15) is 9.59 Å². The topological polar surface area (TPSA) is 55.4 Å². The van der Waals surface area contributed by atoms with Gasteiger partial charge in [-0.05, 0) is 23.1 Å². The summed E-state index contributed by atoms with van der Waals surface area (Å²) in [5.74, 6) is -0.379. The highest BCUT2D eigenvalue weighted by Gasteiger charge is 2.30. The second kappa shape index (κ2) is 6.62. The van der Waals surface area contributed by atoms with E-state index in [1.54, 1.807) is 0 Å². The molecule has 2 aliphatic rings. The lowest BCUT2D eigenvalue weighted by molar-refractivity contribution is -0.134. The molecule has 2 amide bonds. The predicted molar refractivity (Wildman–Crippen MR) is 95.6 cm³/mol. The highest BCUT2D eigenvalue weighted by Crippen LogP contribution is 2.37. The van der Waals surface area contributed by atoms with Crippen molar-refractivity contribution in [2.75, 3.05) is 13.2 Å². The van der Waals surface area contributed by atoms with E-state index in [1.165, 1.54) is 5.56 Å².